The average Bonchev–Trinajstić information content (AvgIpc) is 3.15. The summed E-state index contributed by atoms with van der Waals surface area (Å²) in [7, 11) is -2.20. The molecule has 0 unspecified atom stereocenters. The van der Waals surface area contributed by atoms with Gasteiger partial charge in [-0.05, 0) is 49.6 Å². The molecule has 0 aliphatic rings. The summed E-state index contributed by atoms with van der Waals surface area (Å²) in [6.07, 6.45) is 1.88. The fourth-order valence-electron chi connectivity index (χ4n) is 2.34. The maximum Gasteiger partial charge on any atom is 0.264 e. The molecule has 0 aliphatic heterocycles. The van der Waals surface area contributed by atoms with Crippen molar-refractivity contribution in [3.8, 4) is 0 Å². The Bertz CT molecular complexity index is 1080. The second-order valence-corrected chi connectivity index (χ2v) is 9.86. The Kier molecular flexibility index (Phi) is 6.01. The maximum absolute atomic E-state index is 12.8. The van der Waals surface area contributed by atoms with Crippen molar-refractivity contribution >= 4 is 49.8 Å². The van der Waals surface area contributed by atoms with Gasteiger partial charge in [-0.3, -0.25) is 14.4 Å². The van der Waals surface area contributed by atoms with Crippen LogP contribution < -0.4 is 9.62 Å². The van der Waals surface area contributed by atoms with E-state index in [1.54, 1.807) is 48.5 Å². The SMILES string of the molecule is CSc1nnc(NC(=O)c2ccc(N(C)S(=O)(=O)c3ccc(C)cc3)cc2)s1. The summed E-state index contributed by atoms with van der Waals surface area (Å²) < 4.78 is 27.5. The second kappa shape index (κ2) is 8.29. The molecule has 28 heavy (non-hydrogen) atoms. The molecule has 0 saturated carbocycles. The van der Waals surface area contributed by atoms with Gasteiger partial charge in [-0.1, -0.05) is 40.8 Å². The van der Waals surface area contributed by atoms with Gasteiger partial charge < -0.3 is 0 Å². The van der Waals surface area contributed by atoms with Crippen molar-refractivity contribution < 1.29 is 13.2 Å². The first-order chi connectivity index (χ1) is 13.3. The first kappa shape index (κ1) is 20.3. The molecule has 7 nitrogen and oxygen atoms in total. The predicted octanol–water partition coefficient (Wildman–Crippen LogP) is 3.65. The number of thioether (sulfide) groups is 1. The molecule has 0 radical (unpaired) electrons. The van der Waals surface area contributed by atoms with E-state index in [1.165, 1.54) is 34.5 Å². The van der Waals surface area contributed by atoms with Crippen LogP contribution in [0.4, 0.5) is 10.8 Å². The molecule has 1 amide bonds. The van der Waals surface area contributed by atoms with Crippen molar-refractivity contribution in [1.29, 1.82) is 0 Å². The van der Waals surface area contributed by atoms with Crippen molar-refractivity contribution in [3.05, 3.63) is 59.7 Å². The van der Waals surface area contributed by atoms with E-state index in [0.29, 0.717) is 16.4 Å². The Labute approximate surface area is 171 Å². The van der Waals surface area contributed by atoms with Crippen molar-refractivity contribution in [2.45, 2.75) is 16.2 Å². The molecule has 0 saturated heterocycles. The number of amides is 1. The van der Waals surface area contributed by atoms with Gasteiger partial charge in [0.25, 0.3) is 15.9 Å². The van der Waals surface area contributed by atoms with Crippen molar-refractivity contribution in [2.75, 3.05) is 22.9 Å². The van der Waals surface area contributed by atoms with Gasteiger partial charge in [-0.2, -0.15) is 0 Å². The first-order valence-corrected chi connectivity index (χ1v) is 11.6. The number of benzene rings is 2. The number of hydrogen-bond donors (Lipinski definition) is 1. The number of carbonyl (C=O) groups excluding carboxylic acids is 1. The molecule has 0 atom stereocenters. The number of anilines is 2. The molecule has 3 rings (SSSR count). The summed E-state index contributed by atoms with van der Waals surface area (Å²) in [6.45, 7) is 1.90. The molecule has 0 spiro atoms. The summed E-state index contributed by atoms with van der Waals surface area (Å²) in [5.74, 6) is -0.334. The highest BCUT2D eigenvalue weighted by Crippen LogP contribution is 2.25. The van der Waals surface area contributed by atoms with E-state index in [4.69, 9.17) is 0 Å². The van der Waals surface area contributed by atoms with Gasteiger partial charge in [0.2, 0.25) is 5.13 Å². The lowest BCUT2D eigenvalue weighted by atomic mass is 10.2. The lowest BCUT2D eigenvalue weighted by Crippen LogP contribution is -2.26. The highest BCUT2D eigenvalue weighted by Gasteiger charge is 2.21. The quantitative estimate of drug-likeness (QED) is 0.470. The van der Waals surface area contributed by atoms with Crippen LogP contribution >= 0.6 is 23.1 Å². The molecule has 3 aromatic rings. The number of aromatic nitrogens is 2. The zero-order valence-electron chi connectivity index (χ0n) is 15.4. The summed E-state index contributed by atoms with van der Waals surface area (Å²) >= 11 is 2.74. The molecular formula is C18H18N4O3S3. The Balaban J connectivity index is 1.75. The first-order valence-electron chi connectivity index (χ1n) is 8.16. The van der Waals surface area contributed by atoms with Gasteiger partial charge in [0.05, 0.1) is 10.6 Å². The third-order valence-electron chi connectivity index (χ3n) is 3.97. The monoisotopic (exact) mass is 434 g/mol. The topological polar surface area (TPSA) is 92.3 Å². The van der Waals surface area contributed by atoms with E-state index < -0.39 is 10.0 Å². The van der Waals surface area contributed by atoms with E-state index in [9.17, 15) is 13.2 Å². The van der Waals surface area contributed by atoms with E-state index in [0.717, 1.165) is 9.90 Å². The van der Waals surface area contributed by atoms with Crippen LogP contribution in [0.1, 0.15) is 15.9 Å². The van der Waals surface area contributed by atoms with Crippen LogP contribution in [0, 0.1) is 6.92 Å². The number of nitrogens with zero attached hydrogens (tertiary/aromatic N) is 3. The molecule has 0 fully saturated rings. The lowest BCUT2D eigenvalue weighted by molar-refractivity contribution is 0.102. The third-order valence-corrected chi connectivity index (χ3v) is 7.59. The molecule has 1 aromatic heterocycles. The van der Waals surface area contributed by atoms with Gasteiger partial charge in [0, 0.05) is 12.6 Å². The standard InChI is InChI=1S/C18H18N4O3S3/c1-12-4-10-15(11-5-12)28(24,25)22(2)14-8-6-13(7-9-14)16(23)19-17-20-21-18(26-3)27-17/h4-11H,1-3H3,(H,19,20,23). The maximum atomic E-state index is 12.8. The van der Waals surface area contributed by atoms with Crippen molar-refractivity contribution in [2.24, 2.45) is 0 Å². The molecule has 10 heteroatoms. The Morgan fingerprint density at radius 3 is 2.29 bits per heavy atom. The molecular weight excluding hydrogens is 416 g/mol. The molecule has 0 bridgehead atoms. The minimum atomic E-state index is -3.68. The van der Waals surface area contributed by atoms with Crippen LogP contribution in [0.15, 0.2) is 57.8 Å². The second-order valence-electron chi connectivity index (χ2n) is 5.86. The Morgan fingerprint density at radius 1 is 1.07 bits per heavy atom. The van der Waals surface area contributed by atoms with Gasteiger partial charge >= 0.3 is 0 Å². The highest BCUT2D eigenvalue weighted by atomic mass is 32.2. The Morgan fingerprint density at radius 2 is 1.71 bits per heavy atom. The molecule has 146 valence electrons. The third kappa shape index (κ3) is 4.34. The largest absolute Gasteiger partial charge is 0.296 e. The summed E-state index contributed by atoms with van der Waals surface area (Å²) in [5, 5.41) is 10.9. The summed E-state index contributed by atoms with van der Waals surface area (Å²) in [5.41, 5.74) is 1.83. The van der Waals surface area contributed by atoms with Crippen LogP contribution in [-0.4, -0.2) is 37.8 Å². The zero-order valence-corrected chi connectivity index (χ0v) is 17.9. The summed E-state index contributed by atoms with van der Waals surface area (Å²) in [4.78, 5) is 12.5. The predicted molar refractivity (Wildman–Crippen MR) is 113 cm³/mol. The molecule has 2 aromatic carbocycles. The van der Waals surface area contributed by atoms with Crippen molar-refractivity contribution in [1.82, 2.24) is 10.2 Å². The number of nitrogens with one attached hydrogen (secondary N) is 1. The zero-order chi connectivity index (χ0) is 20.3. The lowest BCUT2D eigenvalue weighted by Gasteiger charge is -2.19. The van der Waals surface area contributed by atoms with Crippen LogP contribution in [-0.2, 0) is 10.0 Å². The minimum absolute atomic E-state index is 0.211. The van der Waals surface area contributed by atoms with Crippen LogP contribution in [0.3, 0.4) is 0 Å². The van der Waals surface area contributed by atoms with Crippen LogP contribution in [0.25, 0.3) is 0 Å². The smallest absolute Gasteiger partial charge is 0.264 e. The van der Waals surface area contributed by atoms with Gasteiger partial charge in [0.1, 0.15) is 0 Å². The number of sulfonamides is 1. The van der Waals surface area contributed by atoms with Crippen molar-refractivity contribution in [3.63, 3.8) is 0 Å². The van der Waals surface area contributed by atoms with E-state index in [-0.39, 0.29) is 10.8 Å². The van der Waals surface area contributed by atoms with Gasteiger partial charge in [-0.15, -0.1) is 10.2 Å². The average molecular weight is 435 g/mol. The normalized spacial score (nSPS) is 11.2. The summed E-state index contributed by atoms with van der Waals surface area (Å²) in [6, 6.07) is 13.0. The molecule has 1 N–H and O–H groups in total. The molecule has 0 aliphatic carbocycles. The number of rotatable bonds is 6. The van der Waals surface area contributed by atoms with E-state index in [1.807, 2.05) is 13.2 Å². The van der Waals surface area contributed by atoms with E-state index in [2.05, 4.69) is 15.5 Å². The fraction of sp³-hybridized carbons (Fsp3) is 0.167. The minimum Gasteiger partial charge on any atom is -0.296 e. The number of hydrogen-bond acceptors (Lipinski definition) is 7. The van der Waals surface area contributed by atoms with Crippen LogP contribution in [0.2, 0.25) is 0 Å². The highest BCUT2D eigenvalue weighted by molar-refractivity contribution is 8.00. The van der Waals surface area contributed by atoms with Gasteiger partial charge in [-0.25, -0.2) is 8.42 Å². The van der Waals surface area contributed by atoms with Crippen LogP contribution in [0.5, 0.6) is 0 Å². The van der Waals surface area contributed by atoms with Gasteiger partial charge in [0.15, 0.2) is 4.34 Å². The Hall–Kier alpha value is -2.43. The number of aryl methyl sites for hydroxylation is 1. The number of carbonyl (C=O) groups is 1. The fourth-order valence-corrected chi connectivity index (χ4v) is 4.70. The van der Waals surface area contributed by atoms with E-state index >= 15 is 0 Å². The molecule has 1 heterocycles.